The van der Waals surface area contributed by atoms with Crippen LogP contribution in [0.1, 0.15) is 24.2 Å². The van der Waals surface area contributed by atoms with Gasteiger partial charge in [-0.2, -0.15) is 0 Å². The number of benzene rings is 1. The SMILES string of the molecule is COC[C@H](C)Oc1cc(OC)cc(C(C)=O)c1. The maximum absolute atomic E-state index is 11.3. The van der Waals surface area contributed by atoms with E-state index in [2.05, 4.69) is 0 Å². The molecule has 1 aromatic carbocycles. The number of ketones is 1. The van der Waals surface area contributed by atoms with E-state index in [-0.39, 0.29) is 11.9 Å². The monoisotopic (exact) mass is 238 g/mol. The van der Waals surface area contributed by atoms with Gasteiger partial charge in [0.1, 0.15) is 17.6 Å². The van der Waals surface area contributed by atoms with Gasteiger partial charge in [0.05, 0.1) is 13.7 Å². The molecular weight excluding hydrogens is 220 g/mol. The maximum Gasteiger partial charge on any atom is 0.160 e. The van der Waals surface area contributed by atoms with Gasteiger partial charge in [-0.15, -0.1) is 0 Å². The van der Waals surface area contributed by atoms with E-state index < -0.39 is 0 Å². The molecule has 0 aliphatic carbocycles. The first-order valence-corrected chi connectivity index (χ1v) is 5.42. The molecule has 1 aromatic rings. The molecule has 17 heavy (non-hydrogen) atoms. The van der Waals surface area contributed by atoms with Crippen molar-refractivity contribution in [3.05, 3.63) is 23.8 Å². The molecule has 0 saturated carbocycles. The predicted molar refractivity (Wildman–Crippen MR) is 65.0 cm³/mol. The number of hydrogen-bond acceptors (Lipinski definition) is 4. The van der Waals surface area contributed by atoms with E-state index in [1.54, 1.807) is 32.4 Å². The first-order chi connectivity index (χ1) is 8.06. The summed E-state index contributed by atoms with van der Waals surface area (Å²) < 4.78 is 15.7. The average molecular weight is 238 g/mol. The standard InChI is InChI=1S/C13H18O4/c1-9(8-15-3)17-13-6-11(10(2)14)5-12(7-13)16-4/h5-7,9H,8H2,1-4H3/t9-/m0/s1. The molecule has 0 unspecified atom stereocenters. The molecule has 94 valence electrons. The van der Waals surface area contributed by atoms with Gasteiger partial charge in [-0.05, 0) is 26.0 Å². The minimum atomic E-state index is -0.0769. The van der Waals surface area contributed by atoms with Crippen molar-refractivity contribution >= 4 is 5.78 Å². The Morgan fingerprint density at radius 2 is 1.88 bits per heavy atom. The van der Waals surface area contributed by atoms with Crippen LogP contribution in [-0.2, 0) is 4.74 Å². The smallest absolute Gasteiger partial charge is 0.160 e. The third-order valence-electron chi connectivity index (χ3n) is 2.26. The zero-order chi connectivity index (χ0) is 12.8. The summed E-state index contributed by atoms with van der Waals surface area (Å²) in [5, 5.41) is 0. The van der Waals surface area contributed by atoms with E-state index in [1.165, 1.54) is 6.92 Å². The van der Waals surface area contributed by atoms with Crippen LogP contribution in [0.2, 0.25) is 0 Å². The second-order valence-corrected chi connectivity index (χ2v) is 3.84. The van der Waals surface area contributed by atoms with Gasteiger partial charge < -0.3 is 14.2 Å². The summed E-state index contributed by atoms with van der Waals surface area (Å²) in [6, 6.07) is 5.14. The lowest BCUT2D eigenvalue weighted by Gasteiger charge is -2.15. The highest BCUT2D eigenvalue weighted by atomic mass is 16.5. The van der Waals surface area contributed by atoms with Gasteiger partial charge >= 0.3 is 0 Å². The molecule has 0 saturated heterocycles. The average Bonchev–Trinajstić information content (AvgIpc) is 2.28. The molecule has 1 atom stereocenters. The van der Waals surface area contributed by atoms with E-state index in [1.807, 2.05) is 6.92 Å². The third-order valence-corrected chi connectivity index (χ3v) is 2.26. The van der Waals surface area contributed by atoms with Gasteiger partial charge in [0.25, 0.3) is 0 Å². The lowest BCUT2D eigenvalue weighted by Crippen LogP contribution is -2.18. The van der Waals surface area contributed by atoms with Gasteiger partial charge in [-0.25, -0.2) is 0 Å². The largest absolute Gasteiger partial charge is 0.497 e. The van der Waals surface area contributed by atoms with Crippen LogP contribution in [0.4, 0.5) is 0 Å². The molecular formula is C13H18O4. The Hall–Kier alpha value is -1.55. The van der Waals surface area contributed by atoms with Crippen LogP contribution in [0.5, 0.6) is 11.5 Å². The molecule has 0 aromatic heterocycles. The lowest BCUT2D eigenvalue weighted by atomic mass is 10.1. The van der Waals surface area contributed by atoms with Crippen LogP contribution in [0.25, 0.3) is 0 Å². The molecule has 0 N–H and O–H groups in total. The molecule has 0 spiro atoms. The van der Waals surface area contributed by atoms with Crippen molar-refractivity contribution in [3.63, 3.8) is 0 Å². The Balaban J connectivity index is 2.90. The minimum Gasteiger partial charge on any atom is -0.497 e. The van der Waals surface area contributed by atoms with Gasteiger partial charge in [0.15, 0.2) is 5.78 Å². The van der Waals surface area contributed by atoms with E-state index in [0.29, 0.717) is 23.7 Å². The van der Waals surface area contributed by atoms with Crippen molar-refractivity contribution in [3.8, 4) is 11.5 Å². The van der Waals surface area contributed by atoms with Crippen LogP contribution in [0, 0.1) is 0 Å². The fourth-order valence-corrected chi connectivity index (χ4v) is 1.46. The topological polar surface area (TPSA) is 44.8 Å². The Bertz CT molecular complexity index is 387. The number of ether oxygens (including phenoxy) is 3. The summed E-state index contributed by atoms with van der Waals surface area (Å²) in [6.07, 6.45) is -0.0769. The maximum atomic E-state index is 11.3. The summed E-state index contributed by atoms with van der Waals surface area (Å²) >= 11 is 0. The normalized spacial score (nSPS) is 12.0. The molecule has 0 fully saturated rings. The molecule has 0 aliphatic rings. The molecule has 0 aliphatic heterocycles. The van der Waals surface area contributed by atoms with Crippen molar-refractivity contribution in [2.45, 2.75) is 20.0 Å². The van der Waals surface area contributed by atoms with Crippen molar-refractivity contribution in [1.29, 1.82) is 0 Å². The van der Waals surface area contributed by atoms with Crippen LogP contribution < -0.4 is 9.47 Å². The first kappa shape index (κ1) is 13.5. The first-order valence-electron chi connectivity index (χ1n) is 5.42. The number of Topliss-reactive ketones (excluding diaryl/α,β-unsaturated/α-hetero) is 1. The second kappa shape index (κ2) is 6.25. The highest BCUT2D eigenvalue weighted by Crippen LogP contribution is 2.24. The van der Waals surface area contributed by atoms with Crippen LogP contribution in [0.3, 0.4) is 0 Å². The van der Waals surface area contributed by atoms with E-state index in [0.717, 1.165) is 0 Å². The summed E-state index contributed by atoms with van der Waals surface area (Å²) in [5.74, 6) is 1.20. The Morgan fingerprint density at radius 3 is 2.41 bits per heavy atom. The highest BCUT2D eigenvalue weighted by Gasteiger charge is 2.09. The van der Waals surface area contributed by atoms with Crippen molar-refractivity contribution < 1.29 is 19.0 Å². The zero-order valence-corrected chi connectivity index (χ0v) is 10.6. The summed E-state index contributed by atoms with van der Waals surface area (Å²) in [7, 11) is 3.17. The Kier molecular flexibility index (Phi) is 4.97. The highest BCUT2D eigenvalue weighted by molar-refractivity contribution is 5.94. The van der Waals surface area contributed by atoms with E-state index in [9.17, 15) is 4.79 Å². The fourth-order valence-electron chi connectivity index (χ4n) is 1.46. The predicted octanol–water partition coefficient (Wildman–Crippen LogP) is 2.31. The Labute approximate surface area is 101 Å². The van der Waals surface area contributed by atoms with Gasteiger partial charge in [-0.3, -0.25) is 4.79 Å². The fraction of sp³-hybridized carbons (Fsp3) is 0.462. The zero-order valence-electron chi connectivity index (χ0n) is 10.6. The quantitative estimate of drug-likeness (QED) is 0.713. The number of carbonyl (C=O) groups excluding carboxylic acids is 1. The molecule has 0 heterocycles. The van der Waals surface area contributed by atoms with Crippen LogP contribution in [-0.4, -0.2) is 32.7 Å². The third kappa shape index (κ3) is 4.07. The molecule has 1 rings (SSSR count). The summed E-state index contributed by atoms with van der Waals surface area (Å²) in [5.41, 5.74) is 0.573. The summed E-state index contributed by atoms with van der Waals surface area (Å²) in [4.78, 5) is 11.3. The molecule has 0 radical (unpaired) electrons. The van der Waals surface area contributed by atoms with E-state index in [4.69, 9.17) is 14.2 Å². The van der Waals surface area contributed by atoms with Gasteiger partial charge in [0, 0.05) is 18.7 Å². The second-order valence-electron chi connectivity index (χ2n) is 3.84. The molecule has 0 bridgehead atoms. The molecule has 0 amide bonds. The van der Waals surface area contributed by atoms with E-state index >= 15 is 0 Å². The van der Waals surface area contributed by atoms with Crippen LogP contribution >= 0.6 is 0 Å². The summed E-state index contributed by atoms with van der Waals surface area (Å²) in [6.45, 7) is 3.90. The Morgan fingerprint density at radius 1 is 1.24 bits per heavy atom. The van der Waals surface area contributed by atoms with Gasteiger partial charge in [-0.1, -0.05) is 0 Å². The number of carbonyl (C=O) groups is 1. The molecule has 4 nitrogen and oxygen atoms in total. The lowest BCUT2D eigenvalue weighted by molar-refractivity contribution is 0.0915. The van der Waals surface area contributed by atoms with Crippen LogP contribution in [0.15, 0.2) is 18.2 Å². The number of methoxy groups -OCH3 is 2. The van der Waals surface area contributed by atoms with Gasteiger partial charge in [0.2, 0.25) is 0 Å². The molecule has 4 heteroatoms. The van der Waals surface area contributed by atoms with Crippen molar-refractivity contribution in [2.24, 2.45) is 0 Å². The minimum absolute atomic E-state index is 0.0202. The van der Waals surface area contributed by atoms with Crippen molar-refractivity contribution in [2.75, 3.05) is 20.8 Å². The number of rotatable bonds is 6. The number of hydrogen-bond donors (Lipinski definition) is 0. The van der Waals surface area contributed by atoms with Crippen molar-refractivity contribution in [1.82, 2.24) is 0 Å².